The van der Waals surface area contributed by atoms with Gasteiger partial charge in [-0.05, 0) is 51.7 Å². The number of carbonyl (C=O) groups excluding carboxylic acids is 1. The summed E-state index contributed by atoms with van der Waals surface area (Å²) in [6.07, 6.45) is 1.07. The molecule has 2 N–H and O–H groups in total. The number of amides is 1. The lowest BCUT2D eigenvalue weighted by atomic mass is 9.79. The molecule has 1 aliphatic heterocycles. The largest absolute Gasteiger partial charge is 0.494 e. The molecule has 1 fully saturated rings. The van der Waals surface area contributed by atoms with Crippen molar-refractivity contribution < 1.29 is 19.2 Å². The molecule has 1 aromatic rings. The maximum atomic E-state index is 12.1. The monoisotopic (exact) mass is 333 g/mol. The van der Waals surface area contributed by atoms with Crippen molar-refractivity contribution in [2.24, 2.45) is 0 Å². The predicted molar refractivity (Wildman–Crippen MR) is 95.4 cm³/mol. The summed E-state index contributed by atoms with van der Waals surface area (Å²) in [5, 5.41) is 12.4. The molecule has 24 heavy (non-hydrogen) atoms. The van der Waals surface area contributed by atoms with Crippen molar-refractivity contribution >= 4 is 18.5 Å². The van der Waals surface area contributed by atoms with Crippen LogP contribution < -0.4 is 10.8 Å². The van der Waals surface area contributed by atoms with Crippen LogP contribution in [0.4, 0.5) is 0 Å². The molecule has 0 aliphatic carbocycles. The second kappa shape index (κ2) is 7.25. The van der Waals surface area contributed by atoms with Crippen molar-refractivity contribution in [1.82, 2.24) is 5.32 Å². The number of aliphatic hydroxyl groups excluding tert-OH is 1. The van der Waals surface area contributed by atoms with E-state index < -0.39 is 13.2 Å². The van der Waals surface area contributed by atoms with E-state index in [-0.39, 0.29) is 23.7 Å². The van der Waals surface area contributed by atoms with Gasteiger partial charge >= 0.3 is 7.12 Å². The van der Waals surface area contributed by atoms with Gasteiger partial charge in [0.1, 0.15) is 0 Å². The van der Waals surface area contributed by atoms with Crippen LogP contribution in [0.15, 0.2) is 24.3 Å². The summed E-state index contributed by atoms with van der Waals surface area (Å²) >= 11 is 0. The molecular formula is C18H28BNO4. The first-order chi connectivity index (χ1) is 11.2. The first-order valence-corrected chi connectivity index (χ1v) is 8.58. The molecule has 0 saturated carbocycles. The van der Waals surface area contributed by atoms with Gasteiger partial charge in [-0.25, -0.2) is 0 Å². The van der Waals surface area contributed by atoms with E-state index in [4.69, 9.17) is 9.31 Å². The minimum Gasteiger partial charge on any atom is -0.399 e. The van der Waals surface area contributed by atoms with E-state index in [1.54, 1.807) is 12.1 Å². The average molecular weight is 333 g/mol. The molecule has 1 atom stereocenters. The van der Waals surface area contributed by atoms with Gasteiger partial charge in [0, 0.05) is 12.1 Å². The average Bonchev–Trinajstić information content (AvgIpc) is 2.73. The lowest BCUT2D eigenvalue weighted by molar-refractivity contribution is 0.00578. The van der Waals surface area contributed by atoms with Crippen LogP contribution in [0.3, 0.4) is 0 Å². The fourth-order valence-corrected chi connectivity index (χ4v) is 2.52. The Hall–Kier alpha value is -1.37. The zero-order valence-electron chi connectivity index (χ0n) is 15.3. The molecule has 1 aliphatic rings. The highest BCUT2D eigenvalue weighted by Crippen LogP contribution is 2.36. The van der Waals surface area contributed by atoms with Crippen molar-refractivity contribution in [3.8, 4) is 0 Å². The van der Waals surface area contributed by atoms with Crippen LogP contribution in [0, 0.1) is 0 Å². The van der Waals surface area contributed by atoms with Crippen LogP contribution in [0.25, 0.3) is 0 Å². The zero-order valence-corrected chi connectivity index (χ0v) is 15.3. The highest BCUT2D eigenvalue weighted by atomic mass is 16.7. The molecule has 1 heterocycles. The van der Waals surface area contributed by atoms with Crippen LogP contribution in [0.1, 0.15) is 57.8 Å². The summed E-state index contributed by atoms with van der Waals surface area (Å²) in [4.78, 5) is 12.1. The van der Waals surface area contributed by atoms with Crippen molar-refractivity contribution in [3.63, 3.8) is 0 Å². The topological polar surface area (TPSA) is 67.8 Å². The second-order valence-corrected chi connectivity index (χ2v) is 7.36. The van der Waals surface area contributed by atoms with E-state index >= 15 is 0 Å². The number of carbonyl (C=O) groups is 1. The Morgan fingerprint density at radius 1 is 1.17 bits per heavy atom. The number of hydrogen-bond donors (Lipinski definition) is 2. The lowest BCUT2D eigenvalue weighted by Crippen LogP contribution is -2.41. The third kappa shape index (κ3) is 4.18. The summed E-state index contributed by atoms with van der Waals surface area (Å²) in [6.45, 7) is 10.3. The fraction of sp³-hybridized carbons (Fsp3) is 0.611. The van der Waals surface area contributed by atoms with Gasteiger partial charge in [-0.15, -0.1) is 0 Å². The van der Waals surface area contributed by atoms with Gasteiger partial charge in [-0.2, -0.15) is 0 Å². The Kier molecular flexibility index (Phi) is 5.73. The summed E-state index contributed by atoms with van der Waals surface area (Å²) in [5.41, 5.74) is 0.668. The van der Waals surface area contributed by atoms with Crippen molar-refractivity contribution in [2.45, 2.75) is 64.8 Å². The first-order valence-electron chi connectivity index (χ1n) is 8.58. The van der Waals surface area contributed by atoms with E-state index in [1.807, 2.05) is 46.8 Å². The van der Waals surface area contributed by atoms with Crippen molar-refractivity contribution in [1.29, 1.82) is 0 Å². The highest BCUT2D eigenvalue weighted by molar-refractivity contribution is 6.62. The van der Waals surface area contributed by atoms with Gasteiger partial charge < -0.3 is 19.7 Å². The number of rotatable bonds is 6. The predicted octanol–water partition coefficient (Wildman–Crippen LogP) is 1.88. The van der Waals surface area contributed by atoms with Gasteiger partial charge in [0.25, 0.3) is 5.91 Å². The van der Waals surface area contributed by atoms with E-state index in [1.165, 1.54) is 0 Å². The third-order valence-corrected chi connectivity index (χ3v) is 4.82. The number of aliphatic hydroxyl groups is 1. The normalized spacial score (nSPS) is 20.0. The third-order valence-electron chi connectivity index (χ3n) is 4.82. The van der Waals surface area contributed by atoms with Crippen molar-refractivity contribution in [3.05, 3.63) is 29.8 Å². The minimum absolute atomic E-state index is 0.189. The van der Waals surface area contributed by atoms with Gasteiger partial charge in [-0.3, -0.25) is 4.79 Å². The van der Waals surface area contributed by atoms with Crippen LogP contribution in [-0.4, -0.2) is 42.0 Å². The standard InChI is InChI=1S/C18H28BNO4/c1-6-7-15(21)12-20-16(22)13-8-10-14(11-9-13)19-23-17(2,3)18(4,5)24-19/h8-11,15,21H,6-7,12H2,1-5H3,(H,20,22). The lowest BCUT2D eigenvalue weighted by Gasteiger charge is -2.32. The number of hydrogen-bond acceptors (Lipinski definition) is 4. The molecule has 0 spiro atoms. The van der Waals surface area contributed by atoms with E-state index in [0.29, 0.717) is 12.0 Å². The molecule has 6 heteroatoms. The maximum absolute atomic E-state index is 12.1. The summed E-state index contributed by atoms with van der Waals surface area (Å²) in [7, 11) is -0.432. The zero-order chi connectivity index (χ0) is 18.0. The highest BCUT2D eigenvalue weighted by Gasteiger charge is 2.51. The van der Waals surface area contributed by atoms with Crippen LogP contribution in [-0.2, 0) is 9.31 Å². The molecule has 132 valence electrons. The summed E-state index contributed by atoms with van der Waals surface area (Å²) in [5.74, 6) is -0.189. The SMILES string of the molecule is CCCC(O)CNC(=O)c1ccc(B2OC(C)(C)C(C)(C)O2)cc1. The Morgan fingerprint density at radius 3 is 2.21 bits per heavy atom. The molecule has 0 radical (unpaired) electrons. The molecule has 1 saturated heterocycles. The maximum Gasteiger partial charge on any atom is 0.494 e. The molecular weight excluding hydrogens is 305 g/mol. The Bertz CT molecular complexity index is 555. The molecule has 0 bridgehead atoms. The number of nitrogens with one attached hydrogen (secondary N) is 1. The molecule has 5 nitrogen and oxygen atoms in total. The van der Waals surface area contributed by atoms with Crippen LogP contribution in [0.2, 0.25) is 0 Å². The first kappa shape index (κ1) is 19.0. The summed E-state index contributed by atoms with van der Waals surface area (Å²) in [6, 6.07) is 7.20. The van der Waals surface area contributed by atoms with Crippen LogP contribution in [0.5, 0.6) is 0 Å². The number of benzene rings is 1. The van der Waals surface area contributed by atoms with Gasteiger partial charge in [0.2, 0.25) is 0 Å². The van der Waals surface area contributed by atoms with Crippen molar-refractivity contribution in [2.75, 3.05) is 6.54 Å². The molecule has 1 unspecified atom stereocenters. The Morgan fingerprint density at radius 2 is 1.71 bits per heavy atom. The minimum atomic E-state index is -0.497. The molecule has 1 amide bonds. The fourth-order valence-electron chi connectivity index (χ4n) is 2.52. The molecule has 0 aromatic heterocycles. The Labute approximate surface area is 144 Å². The van der Waals surface area contributed by atoms with E-state index in [0.717, 1.165) is 11.9 Å². The van der Waals surface area contributed by atoms with Crippen LogP contribution >= 0.6 is 0 Å². The van der Waals surface area contributed by atoms with Gasteiger partial charge in [0.15, 0.2) is 0 Å². The quantitative estimate of drug-likeness (QED) is 0.780. The Balaban J connectivity index is 1.97. The molecule has 1 aromatic carbocycles. The smallest absolute Gasteiger partial charge is 0.399 e. The summed E-state index contributed by atoms with van der Waals surface area (Å²) < 4.78 is 12.0. The van der Waals surface area contributed by atoms with Gasteiger partial charge in [-0.1, -0.05) is 25.5 Å². The second-order valence-electron chi connectivity index (χ2n) is 7.36. The van der Waals surface area contributed by atoms with E-state index in [9.17, 15) is 9.90 Å². The van der Waals surface area contributed by atoms with E-state index in [2.05, 4.69) is 5.32 Å². The van der Waals surface area contributed by atoms with Gasteiger partial charge in [0.05, 0.1) is 17.3 Å². The molecule has 2 rings (SSSR count).